The van der Waals surface area contributed by atoms with Crippen LogP contribution in [0.25, 0.3) is 11.3 Å². The number of morpholine rings is 1. The first-order chi connectivity index (χ1) is 14.6. The molecule has 30 heavy (non-hydrogen) atoms. The van der Waals surface area contributed by atoms with Crippen LogP contribution in [0.3, 0.4) is 0 Å². The highest BCUT2D eigenvalue weighted by Crippen LogP contribution is 2.25. The second-order valence-corrected chi connectivity index (χ2v) is 7.04. The highest BCUT2D eigenvalue weighted by Gasteiger charge is 2.13. The number of carbonyl (C=O) groups excluding carboxylic acids is 1. The van der Waals surface area contributed by atoms with Crippen LogP contribution in [0.1, 0.15) is 0 Å². The summed E-state index contributed by atoms with van der Waals surface area (Å²) in [5.74, 6) is 0.218. The van der Waals surface area contributed by atoms with Crippen LogP contribution in [0.2, 0.25) is 5.02 Å². The number of rotatable bonds is 4. The molecule has 1 aliphatic rings. The number of aromatic nitrogens is 2. The standard InChI is InChI=1S/C21H19ClFN5O2/c22-16-2-1-3-17(23)20(16)25-21(29)24-15-6-4-14(5-7-15)18-8-9-19(27-26-18)28-10-12-30-13-11-28/h1-9H,10-13H2,(H2,24,25,29). The number of para-hydroxylation sites is 1. The van der Waals surface area contributed by atoms with Gasteiger partial charge in [0.15, 0.2) is 5.82 Å². The number of benzene rings is 2. The lowest BCUT2D eigenvalue weighted by atomic mass is 10.1. The molecule has 0 unspecified atom stereocenters. The first-order valence-corrected chi connectivity index (χ1v) is 9.77. The average Bonchev–Trinajstić information content (AvgIpc) is 2.78. The molecule has 0 atom stereocenters. The largest absolute Gasteiger partial charge is 0.378 e. The van der Waals surface area contributed by atoms with Gasteiger partial charge in [-0.15, -0.1) is 10.2 Å². The van der Waals surface area contributed by atoms with Crippen molar-refractivity contribution < 1.29 is 13.9 Å². The Kier molecular flexibility index (Phi) is 6.06. The van der Waals surface area contributed by atoms with Crippen molar-refractivity contribution in [3.8, 4) is 11.3 Å². The molecular formula is C21H19ClFN5O2. The maximum absolute atomic E-state index is 13.8. The fourth-order valence-corrected chi connectivity index (χ4v) is 3.27. The van der Waals surface area contributed by atoms with Crippen molar-refractivity contribution >= 4 is 34.8 Å². The molecule has 1 aliphatic heterocycles. The Hall–Kier alpha value is -3.23. The Bertz CT molecular complexity index is 1000. The van der Waals surface area contributed by atoms with E-state index in [-0.39, 0.29) is 10.7 Å². The Labute approximate surface area is 177 Å². The number of amides is 2. The second kappa shape index (κ2) is 9.06. The third-order valence-corrected chi connectivity index (χ3v) is 4.94. The van der Waals surface area contributed by atoms with Crippen LogP contribution >= 0.6 is 11.6 Å². The molecule has 1 fully saturated rings. The molecule has 2 N–H and O–H groups in total. The number of nitrogens with zero attached hydrogens (tertiary/aromatic N) is 3. The molecule has 1 aromatic heterocycles. The van der Waals surface area contributed by atoms with E-state index < -0.39 is 11.8 Å². The molecule has 2 aromatic carbocycles. The number of hydrogen-bond donors (Lipinski definition) is 2. The fourth-order valence-electron chi connectivity index (χ4n) is 3.06. The summed E-state index contributed by atoms with van der Waals surface area (Å²) >= 11 is 5.92. The molecule has 2 heterocycles. The summed E-state index contributed by atoms with van der Waals surface area (Å²) in [5, 5.41) is 13.8. The van der Waals surface area contributed by atoms with Gasteiger partial charge < -0.3 is 20.3 Å². The lowest BCUT2D eigenvalue weighted by molar-refractivity contribution is 0.122. The van der Waals surface area contributed by atoms with E-state index in [1.165, 1.54) is 18.2 Å². The van der Waals surface area contributed by atoms with Crippen LogP contribution in [-0.2, 0) is 4.74 Å². The SMILES string of the molecule is O=C(Nc1ccc(-c2ccc(N3CCOCC3)nn2)cc1)Nc1c(F)cccc1Cl. The van der Waals surface area contributed by atoms with Crippen LogP contribution < -0.4 is 15.5 Å². The molecule has 0 saturated carbocycles. The lowest BCUT2D eigenvalue weighted by Gasteiger charge is -2.27. The minimum atomic E-state index is -0.605. The fraction of sp³-hybridized carbons (Fsp3) is 0.190. The van der Waals surface area contributed by atoms with Gasteiger partial charge in [-0.3, -0.25) is 0 Å². The molecule has 0 radical (unpaired) electrons. The molecule has 0 spiro atoms. The van der Waals surface area contributed by atoms with Gasteiger partial charge in [0.05, 0.1) is 29.6 Å². The van der Waals surface area contributed by atoms with E-state index in [4.69, 9.17) is 16.3 Å². The van der Waals surface area contributed by atoms with Gasteiger partial charge in [-0.05, 0) is 36.4 Å². The highest BCUT2D eigenvalue weighted by molar-refractivity contribution is 6.33. The summed E-state index contributed by atoms with van der Waals surface area (Å²) in [6, 6.07) is 14.6. The quantitative estimate of drug-likeness (QED) is 0.644. The van der Waals surface area contributed by atoms with Crippen molar-refractivity contribution in [3.63, 3.8) is 0 Å². The predicted molar refractivity (Wildman–Crippen MR) is 115 cm³/mol. The summed E-state index contributed by atoms with van der Waals surface area (Å²) in [6.45, 7) is 2.98. The van der Waals surface area contributed by atoms with Gasteiger partial charge in [0.1, 0.15) is 5.82 Å². The Morgan fingerprint density at radius 1 is 1.00 bits per heavy atom. The zero-order chi connectivity index (χ0) is 20.9. The summed E-state index contributed by atoms with van der Waals surface area (Å²) < 4.78 is 19.1. The third kappa shape index (κ3) is 4.67. The van der Waals surface area contributed by atoms with E-state index in [0.717, 1.165) is 30.2 Å². The molecule has 154 valence electrons. The van der Waals surface area contributed by atoms with E-state index in [9.17, 15) is 9.18 Å². The smallest absolute Gasteiger partial charge is 0.323 e. The van der Waals surface area contributed by atoms with Gasteiger partial charge in [-0.1, -0.05) is 29.8 Å². The van der Waals surface area contributed by atoms with Gasteiger partial charge >= 0.3 is 6.03 Å². The van der Waals surface area contributed by atoms with Crippen LogP contribution in [0.5, 0.6) is 0 Å². The first-order valence-electron chi connectivity index (χ1n) is 9.39. The van der Waals surface area contributed by atoms with Crippen molar-refractivity contribution in [3.05, 3.63) is 65.4 Å². The number of urea groups is 1. The topological polar surface area (TPSA) is 79.4 Å². The number of ether oxygens (including phenoxy) is 1. The first kappa shape index (κ1) is 20.1. The third-order valence-electron chi connectivity index (χ3n) is 4.63. The van der Waals surface area contributed by atoms with Gasteiger partial charge in [0.25, 0.3) is 0 Å². The summed E-state index contributed by atoms with van der Waals surface area (Å²) in [7, 11) is 0. The van der Waals surface area contributed by atoms with Crippen LogP contribution in [0.15, 0.2) is 54.6 Å². The monoisotopic (exact) mass is 427 g/mol. The van der Waals surface area contributed by atoms with E-state index in [1.807, 2.05) is 24.3 Å². The Morgan fingerprint density at radius 3 is 2.43 bits per heavy atom. The van der Waals surface area contributed by atoms with Gasteiger partial charge in [0.2, 0.25) is 0 Å². The Morgan fingerprint density at radius 2 is 1.77 bits per heavy atom. The van der Waals surface area contributed by atoms with Crippen LogP contribution in [0, 0.1) is 5.82 Å². The van der Waals surface area contributed by atoms with Crippen molar-refractivity contribution in [2.75, 3.05) is 41.8 Å². The molecule has 1 saturated heterocycles. The van der Waals surface area contributed by atoms with Gasteiger partial charge in [-0.2, -0.15) is 0 Å². The number of carbonyl (C=O) groups is 1. The Balaban J connectivity index is 1.39. The van der Waals surface area contributed by atoms with E-state index in [0.29, 0.717) is 18.9 Å². The molecule has 7 nitrogen and oxygen atoms in total. The van der Waals surface area contributed by atoms with Crippen LogP contribution in [0.4, 0.5) is 26.4 Å². The lowest BCUT2D eigenvalue weighted by Crippen LogP contribution is -2.36. The number of anilines is 3. The van der Waals surface area contributed by atoms with Crippen LogP contribution in [-0.4, -0.2) is 42.5 Å². The number of halogens is 2. The minimum Gasteiger partial charge on any atom is -0.378 e. The summed E-state index contributed by atoms with van der Waals surface area (Å²) in [5.41, 5.74) is 2.06. The summed E-state index contributed by atoms with van der Waals surface area (Å²) in [6.07, 6.45) is 0. The van der Waals surface area contributed by atoms with E-state index in [1.54, 1.807) is 12.1 Å². The second-order valence-electron chi connectivity index (χ2n) is 6.63. The molecule has 0 aliphatic carbocycles. The van der Waals surface area contributed by atoms with Crippen molar-refractivity contribution in [1.82, 2.24) is 10.2 Å². The van der Waals surface area contributed by atoms with Crippen molar-refractivity contribution in [2.24, 2.45) is 0 Å². The van der Waals surface area contributed by atoms with E-state index in [2.05, 4.69) is 25.7 Å². The highest BCUT2D eigenvalue weighted by atomic mass is 35.5. The molecule has 2 amide bonds. The summed E-state index contributed by atoms with van der Waals surface area (Å²) in [4.78, 5) is 14.3. The molecule has 0 bridgehead atoms. The number of hydrogen-bond acceptors (Lipinski definition) is 5. The zero-order valence-electron chi connectivity index (χ0n) is 15.9. The molecule has 4 rings (SSSR count). The average molecular weight is 428 g/mol. The van der Waals surface area contributed by atoms with Crippen molar-refractivity contribution in [2.45, 2.75) is 0 Å². The maximum Gasteiger partial charge on any atom is 0.323 e. The maximum atomic E-state index is 13.8. The predicted octanol–water partition coefficient (Wildman–Crippen LogP) is 4.42. The van der Waals surface area contributed by atoms with Crippen molar-refractivity contribution in [1.29, 1.82) is 0 Å². The molecule has 9 heteroatoms. The number of nitrogens with one attached hydrogen (secondary N) is 2. The van der Waals surface area contributed by atoms with E-state index >= 15 is 0 Å². The van der Waals surface area contributed by atoms with Gasteiger partial charge in [-0.25, -0.2) is 9.18 Å². The van der Waals surface area contributed by atoms with Gasteiger partial charge in [0, 0.05) is 24.3 Å². The molecule has 3 aromatic rings. The minimum absolute atomic E-state index is 0.0658. The normalized spacial score (nSPS) is 13.7. The zero-order valence-corrected chi connectivity index (χ0v) is 16.7. The molecular weight excluding hydrogens is 409 g/mol.